The summed E-state index contributed by atoms with van der Waals surface area (Å²) < 4.78 is 4.68. The topological polar surface area (TPSA) is 43.4 Å². The lowest BCUT2D eigenvalue weighted by Gasteiger charge is -2.37. The molecule has 1 saturated carbocycles. The molecular formula is C11H18O3. The van der Waals surface area contributed by atoms with E-state index in [0.29, 0.717) is 0 Å². The Morgan fingerprint density at radius 3 is 2.57 bits per heavy atom. The number of esters is 1. The Morgan fingerprint density at radius 2 is 2.07 bits per heavy atom. The highest BCUT2D eigenvalue weighted by Crippen LogP contribution is 2.41. The molecule has 0 heterocycles. The summed E-state index contributed by atoms with van der Waals surface area (Å²) in [6.45, 7) is 5.80. The maximum absolute atomic E-state index is 11.8. The van der Waals surface area contributed by atoms with Crippen LogP contribution in [0, 0.1) is 17.3 Å². The molecular weight excluding hydrogens is 180 g/mol. The molecule has 80 valence electrons. The summed E-state index contributed by atoms with van der Waals surface area (Å²) in [4.78, 5) is 23.3. The zero-order valence-electron chi connectivity index (χ0n) is 9.29. The van der Waals surface area contributed by atoms with Crippen LogP contribution in [0.15, 0.2) is 0 Å². The molecule has 1 fully saturated rings. The minimum absolute atomic E-state index is 0.00729. The lowest BCUT2D eigenvalue weighted by molar-refractivity contribution is -0.158. The molecule has 0 aromatic carbocycles. The second kappa shape index (κ2) is 3.71. The van der Waals surface area contributed by atoms with Gasteiger partial charge in [0.05, 0.1) is 7.11 Å². The van der Waals surface area contributed by atoms with Crippen LogP contribution in [0.4, 0.5) is 0 Å². The predicted octanol–water partition coefficient (Wildman–Crippen LogP) is 1.80. The van der Waals surface area contributed by atoms with Crippen molar-refractivity contribution in [3.05, 3.63) is 0 Å². The molecule has 0 aliphatic heterocycles. The molecule has 0 amide bonds. The van der Waals surface area contributed by atoms with Gasteiger partial charge in [-0.3, -0.25) is 9.59 Å². The Labute approximate surface area is 84.8 Å². The van der Waals surface area contributed by atoms with Gasteiger partial charge in [0.2, 0.25) is 0 Å². The highest BCUT2D eigenvalue weighted by Gasteiger charge is 2.46. The SMILES string of the molecule is COC(=O)C1C(=O)C(C)CCC1(C)C. The number of carbonyl (C=O) groups is 2. The second-order valence-electron chi connectivity index (χ2n) is 4.79. The maximum atomic E-state index is 11.8. The molecule has 0 saturated heterocycles. The zero-order valence-corrected chi connectivity index (χ0v) is 9.29. The van der Waals surface area contributed by atoms with Crippen molar-refractivity contribution in [3.8, 4) is 0 Å². The van der Waals surface area contributed by atoms with Crippen LogP contribution in [0.5, 0.6) is 0 Å². The first kappa shape index (κ1) is 11.2. The highest BCUT2D eigenvalue weighted by atomic mass is 16.5. The normalized spacial score (nSPS) is 31.3. The molecule has 2 atom stereocenters. The highest BCUT2D eigenvalue weighted by molar-refractivity contribution is 6.01. The average molecular weight is 198 g/mol. The van der Waals surface area contributed by atoms with Gasteiger partial charge >= 0.3 is 5.97 Å². The van der Waals surface area contributed by atoms with Crippen molar-refractivity contribution < 1.29 is 14.3 Å². The van der Waals surface area contributed by atoms with E-state index >= 15 is 0 Å². The maximum Gasteiger partial charge on any atom is 0.316 e. The van der Waals surface area contributed by atoms with Crippen molar-refractivity contribution in [2.75, 3.05) is 7.11 Å². The quantitative estimate of drug-likeness (QED) is 0.476. The number of hydrogen-bond donors (Lipinski definition) is 0. The molecule has 0 aromatic heterocycles. The van der Waals surface area contributed by atoms with E-state index in [1.54, 1.807) is 0 Å². The van der Waals surface area contributed by atoms with Gasteiger partial charge in [0.1, 0.15) is 11.7 Å². The molecule has 1 aliphatic rings. The molecule has 14 heavy (non-hydrogen) atoms. The van der Waals surface area contributed by atoms with Gasteiger partial charge in [-0.15, -0.1) is 0 Å². The van der Waals surface area contributed by atoms with Crippen molar-refractivity contribution in [1.29, 1.82) is 0 Å². The van der Waals surface area contributed by atoms with Crippen LogP contribution < -0.4 is 0 Å². The van der Waals surface area contributed by atoms with E-state index in [-0.39, 0.29) is 23.1 Å². The summed E-state index contributed by atoms with van der Waals surface area (Å²) in [5, 5.41) is 0. The molecule has 0 aromatic rings. The molecule has 1 rings (SSSR count). The summed E-state index contributed by atoms with van der Waals surface area (Å²) in [6, 6.07) is 0. The summed E-state index contributed by atoms with van der Waals surface area (Å²) in [5.74, 6) is -0.928. The van der Waals surface area contributed by atoms with Crippen molar-refractivity contribution >= 4 is 11.8 Å². The van der Waals surface area contributed by atoms with Crippen LogP contribution in [0.3, 0.4) is 0 Å². The lowest BCUT2D eigenvalue weighted by atomic mass is 9.65. The van der Waals surface area contributed by atoms with Crippen LogP contribution in [-0.2, 0) is 14.3 Å². The Morgan fingerprint density at radius 1 is 1.50 bits per heavy atom. The van der Waals surface area contributed by atoms with Crippen molar-refractivity contribution in [3.63, 3.8) is 0 Å². The predicted molar refractivity (Wildman–Crippen MR) is 52.7 cm³/mol. The average Bonchev–Trinajstić information content (AvgIpc) is 2.11. The second-order valence-corrected chi connectivity index (χ2v) is 4.79. The molecule has 0 N–H and O–H groups in total. The van der Waals surface area contributed by atoms with Crippen molar-refractivity contribution in [2.24, 2.45) is 17.3 Å². The molecule has 3 heteroatoms. The Hall–Kier alpha value is -0.860. The minimum atomic E-state index is -0.573. The van der Waals surface area contributed by atoms with Gasteiger partial charge in [0.25, 0.3) is 0 Å². The van der Waals surface area contributed by atoms with Crippen LogP contribution >= 0.6 is 0 Å². The van der Waals surface area contributed by atoms with Crippen molar-refractivity contribution in [1.82, 2.24) is 0 Å². The number of ketones is 1. The number of methoxy groups -OCH3 is 1. The summed E-state index contributed by atoms with van der Waals surface area (Å²) >= 11 is 0. The van der Waals surface area contributed by atoms with Gasteiger partial charge in [-0.25, -0.2) is 0 Å². The fourth-order valence-corrected chi connectivity index (χ4v) is 2.10. The van der Waals surface area contributed by atoms with Gasteiger partial charge in [0.15, 0.2) is 0 Å². The smallest absolute Gasteiger partial charge is 0.316 e. The van der Waals surface area contributed by atoms with Crippen LogP contribution in [0.25, 0.3) is 0 Å². The molecule has 2 unspecified atom stereocenters. The minimum Gasteiger partial charge on any atom is -0.468 e. The first-order chi connectivity index (χ1) is 6.40. The van der Waals surface area contributed by atoms with Gasteiger partial charge in [-0.05, 0) is 18.3 Å². The van der Waals surface area contributed by atoms with E-state index in [1.165, 1.54) is 7.11 Å². The first-order valence-corrected chi connectivity index (χ1v) is 5.01. The fourth-order valence-electron chi connectivity index (χ4n) is 2.10. The summed E-state index contributed by atoms with van der Waals surface area (Å²) in [5.41, 5.74) is -0.253. The standard InChI is InChI=1S/C11H18O3/c1-7-5-6-11(2,3)8(9(7)12)10(13)14-4/h7-8H,5-6H2,1-4H3. The molecule has 0 bridgehead atoms. The monoisotopic (exact) mass is 198 g/mol. The third-order valence-corrected chi connectivity index (χ3v) is 3.21. The van der Waals surface area contributed by atoms with Crippen molar-refractivity contribution in [2.45, 2.75) is 33.6 Å². The molecule has 1 aliphatic carbocycles. The van der Waals surface area contributed by atoms with Gasteiger partial charge in [0, 0.05) is 5.92 Å². The summed E-state index contributed by atoms with van der Waals surface area (Å²) in [7, 11) is 1.34. The van der Waals surface area contributed by atoms with Crippen LogP contribution in [0.1, 0.15) is 33.6 Å². The lowest BCUT2D eigenvalue weighted by Crippen LogP contribution is -2.44. The van der Waals surface area contributed by atoms with Gasteiger partial charge < -0.3 is 4.74 Å². The summed E-state index contributed by atoms with van der Waals surface area (Å²) in [6.07, 6.45) is 1.78. The number of hydrogen-bond acceptors (Lipinski definition) is 3. The Kier molecular flexibility index (Phi) is 2.98. The van der Waals surface area contributed by atoms with E-state index < -0.39 is 5.92 Å². The largest absolute Gasteiger partial charge is 0.468 e. The van der Waals surface area contributed by atoms with E-state index in [0.717, 1.165) is 12.8 Å². The van der Waals surface area contributed by atoms with E-state index in [1.807, 2.05) is 20.8 Å². The zero-order chi connectivity index (χ0) is 10.9. The number of carbonyl (C=O) groups excluding carboxylic acids is 2. The third kappa shape index (κ3) is 1.81. The molecule has 0 radical (unpaired) electrons. The Bertz CT molecular complexity index is 255. The van der Waals surface area contributed by atoms with Crippen LogP contribution in [0.2, 0.25) is 0 Å². The van der Waals surface area contributed by atoms with Crippen LogP contribution in [-0.4, -0.2) is 18.9 Å². The van der Waals surface area contributed by atoms with Gasteiger partial charge in [-0.2, -0.15) is 0 Å². The number of Topliss-reactive ketones (excluding diaryl/α,β-unsaturated/α-hetero) is 1. The van der Waals surface area contributed by atoms with E-state index in [2.05, 4.69) is 4.74 Å². The molecule has 0 spiro atoms. The number of rotatable bonds is 1. The van der Waals surface area contributed by atoms with E-state index in [9.17, 15) is 9.59 Å². The first-order valence-electron chi connectivity index (χ1n) is 5.01. The molecule has 3 nitrogen and oxygen atoms in total. The van der Waals surface area contributed by atoms with E-state index in [4.69, 9.17) is 0 Å². The van der Waals surface area contributed by atoms with Gasteiger partial charge in [-0.1, -0.05) is 20.8 Å². The third-order valence-electron chi connectivity index (χ3n) is 3.21. The number of ether oxygens (including phenoxy) is 1. The Balaban J connectivity index is 2.94. The fraction of sp³-hybridized carbons (Fsp3) is 0.818.